The van der Waals surface area contributed by atoms with E-state index in [1.165, 1.54) is 12.8 Å². The number of piperidine rings is 1. The molecule has 0 saturated carbocycles. The summed E-state index contributed by atoms with van der Waals surface area (Å²) in [7, 11) is 1.98. The molecule has 3 unspecified atom stereocenters. The van der Waals surface area contributed by atoms with Gasteiger partial charge in [0.1, 0.15) is 17.1 Å². The summed E-state index contributed by atoms with van der Waals surface area (Å²) in [6.07, 6.45) is 6.52. The van der Waals surface area contributed by atoms with E-state index in [9.17, 15) is 5.11 Å². The summed E-state index contributed by atoms with van der Waals surface area (Å²) in [6, 6.07) is 13.6. The quantitative estimate of drug-likeness (QED) is 0.199. The number of nitrogens with zero attached hydrogens (tertiary/aromatic N) is 4. The van der Waals surface area contributed by atoms with Crippen LogP contribution in [0.3, 0.4) is 0 Å². The molecule has 2 saturated heterocycles. The second-order valence-corrected chi connectivity index (χ2v) is 12.9. The van der Waals surface area contributed by atoms with Gasteiger partial charge in [-0.25, -0.2) is 4.39 Å². The fourth-order valence-electron chi connectivity index (χ4n) is 6.95. The van der Waals surface area contributed by atoms with Crippen LogP contribution < -0.4 is 15.0 Å². The van der Waals surface area contributed by atoms with Crippen LogP contribution in [0, 0.1) is 11.7 Å². The molecule has 9 heteroatoms. The summed E-state index contributed by atoms with van der Waals surface area (Å²) in [5, 5.41) is 16.3. The number of phenols is 1. The van der Waals surface area contributed by atoms with Crippen LogP contribution in [0.1, 0.15) is 52.4 Å². The number of nitrogens with one attached hydrogen (secondary N) is 1. The Hall–Kier alpha value is -3.20. The first-order valence-corrected chi connectivity index (χ1v) is 16.4. The van der Waals surface area contributed by atoms with E-state index >= 15 is 4.39 Å². The maximum Gasteiger partial charge on any atom is 0.319 e. The van der Waals surface area contributed by atoms with Crippen molar-refractivity contribution in [2.75, 3.05) is 44.7 Å². The summed E-state index contributed by atoms with van der Waals surface area (Å²) in [5.74, 6) is 0.826. The van der Waals surface area contributed by atoms with Gasteiger partial charge in [0.25, 0.3) is 0 Å². The Balaban J connectivity index is 1.39. The molecule has 3 heterocycles. The van der Waals surface area contributed by atoms with E-state index in [0.29, 0.717) is 41.4 Å². The summed E-state index contributed by atoms with van der Waals surface area (Å²) >= 11 is 6.89. The Morgan fingerprint density at radius 3 is 2.73 bits per heavy atom. The van der Waals surface area contributed by atoms with Crippen LogP contribution in [0.4, 0.5) is 10.2 Å². The lowest BCUT2D eigenvalue weighted by Gasteiger charge is -2.37. The van der Waals surface area contributed by atoms with E-state index in [2.05, 4.69) is 33.9 Å². The fourth-order valence-corrected chi connectivity index (χ4v) is 7.25. The third-order valence-corrected chi connectivity index (χ3v) is 9.96. The van der Waals surface area contributed by atoms with E-state index in [-0.39, 0.29) is 27.9 Å². The van der Waals surface area contributed by atoms with Gasteiger partial charge in [0.15, 0.2) is 5.82 Å². The van der Waals surface area contributed by atoms with Gasteiger partial charge in [-0.05, 0) is 93.1 Å². The molecule has 0 aliphatic carbocycles. The van der Waals surface area contributed by atoms with Crippen molar-refractivity contribution in [2.45, 2.75) is 64.5 Å². The number of halogens is 2. The average Bonchev–Trinajstić information content (AvgIpc) is 3.27. The first-order valence-electron chi connectivity index (χ1n) is 16.0. The van der Waals surface area contributed by atoms with Gasteiger partial charge in [-0.15, -0.1) is 0 Å². The first-order chi connectivity index (χ1) is 21.3. The Bertz CT molecular complexity index is 1630. The molecule has 0 radical (unpaired) electrons. The SMILES string of the molecule is CNC1CCCCN(c2nc(OCCCN3CCCC(C)C3C)nc3c(F)c(-c4cc(O)cc5ccccc45)c(Cl)cc23)C1. The van der Waals surface area contributed by atoms with Crippen molar-refractivity contribution < 1.29 is 14.2 Å². The highest BCUT2D eigenvalue weighted by Gasteiger charge is 2.27. The Kier molecular flexibility index (Phi) is 9.40. The lowest BCUT2D eigenvalue weighted by Crippen LogP contribution is -2.43. The van der Waals surface area contributed by atoms with Gasteiger partial charge in [0.2, 0.25) is 0 Å². The van der Waals surface area contributed by atoms with Crippen LogP contribution >= 0.6 is 11.6 Å². The normalized spacial score (nSPS) is 21.6. The fraction of sp³-hybridized carbons (Fsp3) is 0.486. The molecule has 3 atom stereocenters. The molecule has 2 aliphatic rings. The van der Waals surface area contributed by atoms with Gasteiger partial charge in [-0.2, -0.15) is 9.97 Å². The van der Waals surface area contributed by atoms with E-state index in [1.807, 2.05) is 31.3 Å². The highest BCUT2D eigenvalue weighted by atomic mass is 35.5. The molecule has 1 aromatic heterocycles. The molecule has 234 valence electrons. The minimum Gasteiger partial charge on any atom is -0.508 e. The van der Waals surface area contributed by atoms with Crippen LogP contribution in [-0.2, 0) is 0 Å². The standard InChI is InChI=1S/C35H43ClFN5O2/c1-22-10-8-15-41(23(22)2)16-9-17-44-35-39-33-29(34(40-35)42-14-7-6-12-25(21-42)38-3)20-30(36)31(32(33)37)28-19-26(43)18-24-11-4-5-13-27(24)28/h4-5,11,13,18-20,22-23,25,38,43H,6-10,12,14-17,21H2,1-3H3. The second-order valence-electron chi connectivity index (χ2n) is 12.5. The number of anilines is 1. The van der Waals surface area contributed by atoms with Gasteiger partial charge in [0, 0.05) is 42.7 Å². The van der Waals surface area contributed by atoms with Crippen LogP contribution in [0.5, 0.6) is 11.8 Å². The summed E-state index contributed by atoms with van der Waals surface area (Å²) in [5.41, 5.74) is 0.891. The van der Waals surface area contributed by atoms with Crippen molar-refractivity contribution in [3.8, 4) is 22.9 Å². The van der Waals surface area contributed by atoms with E-state index in [4.69, 9.17) is 21.3 Å². The van der Waals surface area contributed by atoms with E-state index in [1.54, 1.807) is 18.2 Å². The number of hydrogen-bond donors (Lipinski definition) is 2. The number of ether oxygens (including phenoxy) is 1. The average molecular weight is 620 g/mol. The molecule has 4 aromatic rings. The largest absolute Gasteiger partial charge is 0.508 e. The number of benzene rings is 3. The van der Waals surface area contributed by atoms with Gasteiger partial charge in [-0.1, -0.05) is 49.2 Å². The van der Waals surface area contributed by atoms with Crippen LogP contribution in [0.15, 0.2) is 42.5 Å². The molecule has 2 aliphatic heterocycles. The maximum atomic E-state index is 16.8. The summed E-state index contributed by atoms with van der Waals surface area (Å²) < 4.78 is 23.0. The third-order valence-electron chi connectivity index (χ3n) is 9.66. The summed E-state index contributed by atoms with van der Waals surface area (Å²) in [4.78, 5) is 14.3. The number of likely N-dealkylation sites (tertiary alicyclic amines) is 1. The van der Waals surface area contributed by atoms with E-state index < -0.39 is 5.82 Å². The van der Waals surface area contributed by atoms with Gasteiger partial charge < -0.3 is 25.0 Å². The number of phenolic OH excluding ortho intramolecular Hbond substituents is 1. The van der Waals surface area contributed by atoms with Crippen LogP contribution in [-0.4, -0.2) is 71.9 Å². The Labute approximate surface area is 264 Å². The minimum atomic E-state index is -0.548. The molecule has 3 aromatic carbocycles. The molecule has 7 nitrogen and oxygen atoms in total. The molecule has 0 spiro atoms. The van der Waals surface area contributed by atoms with Gasteiger partial charge in [0.05, 0.1) is 11.6 Å². The number of rotatable bonds is 8. The summed E-state index contributed by atoms with van der Waals surface area (Å²) in [6.45, 7) is 8.68. The second kappa shape index (κ2) is 13.4. The van der Waals surface area contributed by atoms with Crippen molar-refractivity contribution in [3.63, 3.8) is 0 Å². The Morgan fingerprint density at radius 1 is 1.05 bits per heavy atom. The highest BCUT2D eigenvalue weighted by molar-refractivity contribution is 6.35. The number of aromatic nitrogens is 2. The van der Waals surface area contributed by atoms with Crippen molar-refractivity contribution in [1.82, 2.24) is 20.2 Å². The monoisotopic (exact) mass is 619 g/mol. The lowest BCUT2D eigenvalue weighted by molar-refractivity contribution is 0.106. The molecule has 0 bridgehead atoms. The van der Waals surface area contributed by atoms with E-state index in [0.717, 1.165) is 62.6 Å². The number of fused-ring (bicyclic) bond motifs is 2. The minimum absolute atomic E-state index is 0.0433. The zero-order chi connectivity index (χ0) is 30.8. The number of hydrogen-bond acceptors (Lipinski definition) is 7. The topological polar surface area (TPSA) is 73.8 Å². The van der Waals surface area contributed by atoms with Crippen molar-refractivity contribution in [1.29, 1.82) is 0 Å². The maximum absolute atomic E-state index is 16.8. The van der Waals surface area contributed by atoms with Crippen LogP contribution in [0.2, 0.25) is 5.02 Å². The smallest absolute Gasteiger partial charge is 0.319 e. The molecular formula is C35H43ClFN5O2. The number of likely N-dealkylation sites (N-methyl/N-ethyl adjacent to an activating group) is 1. The molecule has 2 N–H and O–H groups in total. The van der Waals surface area contributed by atoms with Crippen molar-refractivity contribution in [2.24, 2.45) is 5.92 Å². The molecule has 6 rings (SSSR count). The molecule has 0 amide bonds. The van der Waals surface area contributed by atoms with Crippen molar-refractivity contribution >= 4 is 39.1 Å². The molecule has 2 fully saturated rings. The van der Waals surface area contributed by atoms with Crippen molar-refractivity contribution in [3.05, 3.63) is 53.3 Å². The van der Waals surface area contributed by atoms with Crippen LogP contribution in [0.25, 0.3) is 32.8 Å². The van der Waals surface area contributed by atoms with Gasteiger partial charge >= 0.3 is 6.01 Å². The third kappa shape index (κ3) is 6.30. The molecule has 44 heavy (non-hydrogen) atoms. The number of aromatic hydroxyl groups is 1. The zero-order valence-corrected chi connectivity index (χ0v) is 26.7. The predicted molar refractivity (Wildman–Crippen MR) is 178 cm³/mol. The first kappa shape index (κ1) is 30.8. The van der Waals surface area contributed by atoms with Gasteiger partial charge in [-0.3, -0.25) is 0 Å². The Morgan fingerprint density at radius 2 is 1.89 bits per heavy atom. The predicted octanol–water partition coefficient (Wildman–Crippen LogP) is 7.42. The zero-order valence-electron chi connectivity index (χ0n) is 26.0. The molecular weight excluding hydrogens is 577 g/mol. The highest BCUT2D eigenvalue weighted by Crippen LogP contribution is 2.42. The lowest BCUT2D eigenvalue weighted by atomic mass is 9.92.